The van der Waals surface area contributed by atoms with Crippen LogP contribution in [-0.2, 0) is 4.74 Å². The number of hydrogen-bond donors (Lipinski definition) is 0. The van der Waals surface area contributed by atoms with Gasteiger partial charge in [-0.15, -0.1) is 0 Å². The summed E-state index contributed by atoms with van der Waals surface area (Å²) in [6, 6.07) is 1.09. The molecule has 1 aliphatic rings. The minimum Gasteiger partial charge on any atom is -0.489 e. The van der Waals surface area contributed by atoms with Gasteiger partial charge in [0.1, 0.15) is 23.7 Å². The molecule has 5 nitrogen and oxygen atoms in total. The van der Waals surface area contributed by atoms with Crippen LogP contribution in [0.4, 0.5) is 4.39 Å². The number of aromatic nitrogens is 1. The number of esters is 1. The highest BCUT2D eigenvalue weighted by atomic mass is 19.1. The van der Waals surface area contributed by atoms with Crippen LogP contribution in [0, 0.1) is 12.7 Å². The average Bonchev–Trinajstić information content (AvgIpc) is 2.48. The lowest BCUT2D eigenvalue weighted by molar-refractivity contribution is 0.0523. The van der Waals surface area contributed by atoms with Crippen LogP contribution in [0.1, 0.15) is 35.8 Å². The molecule has 0 saturated heterocycles. The lowest BCUT2D eigenvalue weighted by atomic mass is 10.0. The van der Waals surface area contributed by atoms with E-state index in [4.69, 9.17) is 9.47 Å². The molecule has 22 heavy (non-hydrogen) atoms. The van der Waals surface area contributed by atoms with Gasteiger partial charge in [0, 0.05) is 11.8 Å². The molecule has 116 valence electrons. The molecule has 0 aliphatic carbocycles. The molecule has 0 radical (unpaired) electrons. The maximum Gasteiger partial charge on any atom is 0.343 e. The summed E-state index contributed by atoms with van der Waals surface area (Å²) in [7, 11) is 0. The van der Waals surface area contributed by atoms with Crippen LogP contribution < -0.4 is 10.2 Å². The second-order valence-corrected chi connectivity index (χ2v) is 5.37. The summed E-state index contributed by atoms with van der Waals surface area (Å²) in [5, 5.41) is 0.134. The predicted octanol–water partition coefficient (Wildman–Crippen LogP) is 2.58. The number of halogens is 1. The summed E-state index contributed by atoms with van der Waals surface area (Å²) in [5.74, 6) is -0.860. The van der Waals surface area contributed by atoms with E-state index in [1.165, 1.54) is 6.20 Å². The lowest BCUT2D eigenvalue weighted by Crippen LogP contribution is -2.27. The first-order valence-corrected chi connectivity index (χ1v) is 7.13. The minimum absolute atomic E-state index is 0.0753. The van der Waals surface area contributed by atoms with E-state index in [0.717, 1.165) is 6.07 Å². The Morgan fingerprint density at radius 2 is 2.27 bits per heavy atom. The largest absolute Gasteiger partial charge is 0.489 e. The maximum absolute atomic E-state index is 14.1. The van der Waals surface area contributed by atoms with E-state index in [1.807, 2.05) is 6.92 Å². The zero-order chi connectivity index (χ0) is 16.0. The SMILES string of the molecule is CCOC(=O)c1cn2c3c(c(C)c(F)cc3c1=O)OC[C@H]2C. The Kier molecular flexibility index (Phi) is 3.39. The third kappa shape index (κ3) is 1.98. The Balaban J connectivity index is 2.42. The monoisotopic (exact) mass is 305 g/mol. The molecule has 1 aromatic heterocycles. The van der Waals surface area contributed by atoms with Crippen molar-refractivity contribution >= 4 is 16.9 Å². The number of ether oxygens (including phenoxy) is 2. The average molecular weight is 305 g/mol. The number of rotatable bonds is 2. The fourth-order valence-corrected chi connectivity index (χ4v) is 2.71. The van der Waals surface area contributed by atoms with Crippen molar-refractivity contribution in [1.29, 1.82) is 0 Å². The fraction of sp³-hybridized carbons (Fsp3) is 0.375. The first-order valence-electron chi connectivity index (χ1n) is 7.13. The number of carbonyl (C=O) groups is 1. The van der Waals surface area contributed by atoms with Gasteiger partial charge in [0.05, 0.1) is 23.6 Å². The summed E-state index contributed by atoms with van der Waals surface area (Å²) in [4.78, 5) is 24.5. The quantitative estimate of drug-likeness (QED) is 0.800. The first kappa shape index (κ1) is 14.6. The minimum atomic E-state index is -0.695. The molecule has 0 unspecified atom stereocenters. The first-order chi connectivity index (χ1) is 10.5. The van der Waals surface area contributed by atoms with Crippen molar-refractivity contribution in [1.82, 2.24) is 4.57 Å². The molecular formula is C16H16FNO4. The van der Waals surface area contributed by atoms with Crippen LogP contribution in [0.15, 0.2) is 17.1 Å². The highest BCUT2D eigenvalue weighted by Gasteiger charge is 2.26. The smallest absolute Gasteiger partial charge is 0.343 e. The summed E-state index contributed by atoms with van der Waals surface area (Å²) in [6.07, 6.45) is 1.48. The van der Waals surface area contributed by atoms with Crippen molar-refractivity contribution in [3.8, 4) is 5.75 Å². The molecule has 1 aromatic carbocycles. The lowest BCUT2D eigenvalue weighted by Gasteiger charge is -2.28. The van der Waals surface area contributed by atoms with Crippen molar-refractivity contribution in [2.24, 2.45) is 0 Å². The summed E-state index contributed by atoms with van der Waals surface area (Å²) >= 11 is 0. The van der Waals surface area contributed by atoms with Crippen LogP contribution in [-0.4, -0.2) is 23.8 Å². The Labute approximate surface area is 126 Å². The van der Waals surface area contributed by atoms with E-state index in [-0.39, 0.29) is 23.6 Å². The van der Waals surface area contributed by atoms with Crippen molar-refractivity contribution in [3.05, 3.63) is 39.4 Å². The highest BCUT2D eigenvalue weighted by Crippen LogP contribution is 2.35. The zero-order valence-electron chi connectivity index (χ0n) is 12.6. The number of nitrogens with zero attached hydrogens (tertiary/aromatic N) is 1. The van der Waals surface area contributed by atoms with Gasteiger partial charge in [-0.3, -0.25) is 4.79 Å². The molecule has 2 heterocycles. The number of benzene rings is 1. The van der Waals surface area contributed by atoms with Gasteiger partial charge in [-0.1, -0.05) is 0 Å². The van der Waals surface area contributed by atoms with E-state index < -0.39 is 17.2 Å². The standard InChI is InChI=1S/C16H16FNO4/c1-4-21-16(20)11-6-18-8(2)7-22-15-9(3)12(17)5-10(13(15)18)14(11)19/h5-6,8H,4,7H2,1-3H3/t8-/m1/s1. The van der Waals surface area contributed by atoms with Gasteiger partial charge in [-0.2, -0.15) is 0 Å². The summed E-state index contributed by atoms with van der Waals surface area (Å²) < 4.78 is 26.4. The van der Waals surface area contributed by atoms with Crippen molar-refractivity contribution in [2.45, 2.75) is 26.8 Å². The fourth-order valence-electron chi connectivity index (χ4n) is 2.71. The number of hydrogen-bond acceptors (Lipinski definition) is 4. The Hall–Kier alpha value is -2.37. The van der Waals surface area contributed by atoms with Gasteiger partial charge in [0.15, 0.2) is 0 Å². The molecule has 1 aliphatic heterocycles. The summed E-state index contributed by atoms with van der Waals surface area (Å²) in [6.45, 7) is 5.69. The molecule has 0 N–H and O–H groups in total. The second kappa shape index (κ2) is 5.12. The third-order valence-corrected chi connectivity index (χ3v) is 3.89. The van der Waals surface area contributed by atoms with Crippen molar-refractivity contribution in [3.63, 3.8) is 0 Å². The topological polar surface area (TPSA) is 57.5 Å². The Morgan fingerprint density at radius 3 is 2.95 bits per heavy atom. The van der Waals surface area contributed by atoms with Gasteiger partial charge in [-0.05, 0) is 26.8 Å². The normalized spacial score (nSPS) is 16.5. The predicted molar refractivity (Wildman–Crippen MR) is 79.1 cm³/mol. The van der Waals surface area contributed by atoms with E-state index in [2.05, 4.69) is 0 Å². The zero-order valence-corrected chi connectivity index (χ0v) is 12.6. The van der Waals surface area contributed by atoms with Gasteiger partial charge in [0.2, 0.25) is 5.43 Å². The Morgan fingerprint density at radius 1 is 1.55 bits per heavy atom. The van der Waals surface area contributed by atoms with Crippen LogP contribution in [0.2, 0.25) is 0 Å². The molecule has 0 bridgehead atoms. The van der Waals surface area contributed by atoms with Crippen molar-refractivity contribution < 1.29 is 18.7 Å². The number of carbonyl (C=O) groups excluding carboxylic acids is 1. The van der Waals surface area contributed by atoms with Gasteiger partial charge >= 0.3 is 5.97 Å². The van der Waals surface area contributed by atoms with Crippen LogP contribution >= 0.6 is 0 Å². The molecule has 1 atom stereocenters. The van der Waals surface area contributed by atoms with Crippen molar-refractivity contribution in [2.75, 3.05) is 13.2 Å². The molecule has 6 heteroatoms. The third-order valence-electron chi connectivity index (χ3n) is 3.89. The molecule has 0 fully saturated rings. The van der Waals surface area contributed by atoms with Gasteiger partial charge < -0.3 is 14.0 Å². The molecular weight excluding hydrogens is 289 g/mol. The maximum atomic E-state index is 14.1. The molecule has 2 aromatic rings. The molecule has 0 saturated carbocycles. The summed E-state index contributed by atoms with van der Waals surface area (Å²) in [5.41, 5.74) is 0.256. The van der Waals surface area contributed by atoms with Crippen LogP contribution in [0.5, 0.6) is 5.75 Å². The Bertz CT molecular complexity index is 840. The number of pyridine rings is 1. The molecule has 0 spiro atoms. The van der Waals surface area contributed by atoms with Gasteiger partial charge in [0.25, 0.3) is 0 Å². The van der Waals surface area contributed by atoms with Crippen LogP contribution in [0.3, 0.4) is 0 Å². The van der Waals surface area contributed by atoms with Gasteiger partial charge in [-0.25, -0.2) is 9.18 Å². The van der Waals surface area contributed by atoms with E-state index in [1.54, 1.807) is 18.4 Å². The molecule has 3 rings (SSSR count). The molecule has 0 amide bonds. The van der Waals surface area contributed by atoms with E-state index in [9.17, 15) is 14.0 Å². The second-order valence-electron chi connectivity index (χ2n) is 5.37. The highest BCUT2D eigenvalue weighted by molar-refractivity contribution is 5.96. The van der Waals surface area contributed by atoms with Crippen LogP contribution in [0.25, 0.3) is 10.9 Å². The van der Waals surface area contributed by atoms with E-state index >= 15 is 0 Å². The van der Waals surface area contributed by atoms with E-state index in [0.29, 0.717) is 23.4 Å².